The third-order valence-electron chi connectivity index (χ3n) is 5.89. The van der Waals surface area contributed by atoms with Gasteiger partial charge in [-0.15, -0.1) is 0 Å². The van der Waals surface area contributed by atoms with Crippen LogP contribution in [0.4, 0.5) is 0 Å². The van der Waals surface area contributed by atoms with Crippen LogP contribution in [0.5, 0.6) is 0 Å². The zero-order chi connectivity index (χ0) is 18.6. The van der Waals surface area contributed by atoms with Gasteiger partial charge in [-0.05, 0) is 81.1 Å². The Morgan fingerprint density at radius 3 is 0.958 bits per heavy atom. The van der Waals surface area contributed by atoms with E-state index < -0.39 is 0 Å². The summed E-state index contributed by atoms with van der Waals surface area (Å²) in [6.07, 6.45) is 4.76. The van der Waals surface area contributed by atoms with Crippen molar-refractivity contribution in [1.29, 1.82) is 0 Å². The normalized spacial score (nSPS) is 30.0. The number of nitrogens with one attached hydrogen (secondary N) is 2. The molecule has 24 heavy (non-hydrogen) atoms. The van der Waals surface area contributed by atoms with E-state index in [0.717, 1.165) is 0 Å². The van der Waals surface area contributed by atoms with E-state index in [-0.39, 0.29) is 22.2 Å². The molecule has 2 fully saturated rings. The smallest absolute Gasteiger partial charge is 0.0277 e. The molecule has 142 valence electrons. The highest BCUT2D eigenvalue weighted by Gasteiger charge is 2.43. The molecule has 0 spiro atoms. The number of hydrazine groups is 1. The Labute approximate surface area is 150 Å². The van der Waals surface area contributed by atoms with E-state index in [1.165, 1.54) is 25.7 Å². The van der Waals surface area contributed by atoms with Crippen LogP contribution in [0, 0.1) is 0 Å². The van der Waals surface area contributed by atoms with Crippen molar-refractivity contribution in [3.05, 3.63) is 0 Å². The Balaban J connectivity index is 2.12. The molecule has 0 aromatic rings. The van der Waals surface area contributed by atoms with E-state index in [4.69, 9.17) is 0 Å². The van der Waals surface area contributed by atoms with Crippen LogP contribution in [0.1, 0.15) is 81.1 Å². The molecule has 4 heteroatoms. The summed E-state index contributed by atoms with van der Waals surface area (Å²) in [5.41, 5.74) is 0.755. The minimum atomic E-state index is 0.189. The van der Waals surface area contributed by atoms with Crippen molar-refractivity contribution in [3.63, 3.8) is 0 Å². The molecule has 4 nitrogen and oxygen atoms in total. The molecule has 2 heterocycles. The summed E-state index contributed by atoms with van der Waals surface area (Å²) in [5.74, 6) is 0. The molecular weight excluding hydrogens is 296 g/mol. The predicted octanol–water partition coefficient (Wildman–Crippen LogP) is 3.38. The first-order chi connectivity index (χ1) is 10.6. The fourth-order valence-electron chi connectivity index (χ4n) is 5.58. The molecule has 0 unspecified atom stereocenters. The van der Waals surface area contributed by atoms with Crippen LogP contribution in [0.2, 0.25) is 0 Å². The molecule has 0 bridgehead atoms. The van der Waals surface area contributed by atoms with E-state index in [2.05, 4.69) is 90.1 Å². The Hall–Kier alpha value is -0.160. The standard InChI is InChI=1S/C20H42N4/c1-17(2)11-15(12-18(3,4)21-17)23(9)24(10)16-13-19(5,6)22-20(7,8)14-16/h15-16,21-22H,11-14H2,1-10H3. The highest BCUT2D eigenvalue weighted by Crippen LogP contribution is 2.35. The zero-order valence-electron chi connectivity index (χ0n) is 17.9. The van der Waals surface area contributed by atoms with E-state index in [9.17, 15) is 0 Å². The lowest BCUT2D eigenvalue weighted by Crippen LogP contribution is -2.66. The molecule has 2 aliphatic heterocycles. The third kappa shape index (κ3) is 4.94. The van der Waals surface area contributed by atoms with Crippen molar-refractivity contribution in [2.75, 3.05) is 14.1 Å². The molecule has 2 saturated heterocycles. The van der Waals surface area contributed by atoms with E-state index in [0.29, 0.717) is 12.1 Å². The predicted molar refractivity (Wildman–Crippen MR) is 104 cm³/mol. The Kier molecular flexibility index (Phi) is 5.23. The molecule has 0 aromatic carbocycles. The Morgan fingerprint density at radius 2 is 0.750 bits per heavy atom. The van der Waals surface area contributed by atoms with Gasteiger partial charge in [0, 0.05) is 48.3 Å². The van der Waals surface area contributed by atoms with Crippen molar-refractivity contribution < 1.29 is 0 Å². The fraction of sp³-hybridized carbons (Fsp3) is 1.00. The minimum Gasteiger partial charge on any atom is -0.307 e. The quantitative estimate of drug-likeness (QED) is 0.772. The minimum absolute atomic E-state index is 0.189. The number of hydrogen-bond acceptors (Lipinski definition) is 4. The SMILES string of the molecule is CN(C1CC(C)(C)NC(C)(C)C1)N(C)C1CC(C)(C)NC(C)(C)C1. The highest BCUT2D eigenvalue weighted by atomic mass is 15.6. The lowest BCUT2D eigenvalue weighted by Gasteiger charge is -2.54. The first-order valence-electron chi connectivity index (χ1n) is 9.66. The molecule has 0 aromatic heterocycles. The van der Waals surface area contributed by atoms with Crippen LogP contribution in [-0.2, 0) is 0 Å². The Bertz CT molecular complexity index is 379. The molecule has 0 radical (unpaired) electrons. The second-order valence-corrected chi connectivity index (χ2v) is 11.1. The fourth-order valence-corrected chi connectivity index (χ4v) is 5.58. The van der Waals surface area contributed by atoms with Crippen LogP contribution in [-0.4, -0.2) is 58.4 Å². The van der Waals surface area contributed by atoms with Crippen LogP contribution < -0.4 is 10.6 Å². The van der Waals surface area contributed by atoms with Gasteiger partial charge >= 0.3 is 0 Å². The van der Waals surface area contributed by atoms with E-state index in [1.54, 1.807) is 0 Å². The maximum absolute atomic E-state index is 3.81. The summed E-state index contributed by atoms with van der Waals surface area (Å²) in [7, 11) is 4.59. The van der Waals surface area contributed by atoms with Crippen LogP contribution in [0.25, 0.3) is 0 Å². The molecular formula is C20H42N4. The van der Waals surface area contributed by atoms with Crippen molar-refractivity contribution in [2.45, 2.75) is 115 Å². The summed E-state index contributed by atoms with van der Waals surface area (Å²) < 4.78 is 0. The number of nitrogens with zero attached hydrogens (tertiary/aromatic N) is 2. The maximum Gasteiger partial charge on any atom is 0.0277 e. The first kappa shape index (κ1) is 20.2. The van der Waals surface area contributed by atoms with Gasteiger partial charge < -0.3 is 10.6 Å². The Morgan fingerprint density at radius 1 is 0.542 bits per heavy atom. The van der Waals surface area contributed by atoms with Gasteiger partial charge in [-0.1, -0.05) is 0 Å². The summed E-state index contributed by atoms with van der Waals surface area (Å²) in [6, 6.07) is 1.17. The van der Waals surface area contributed by atoms with Crippen molar-refractivity contribution in [1.82, 2.24) is 20.7 Å². The molecule has 0 aliphatic carbocycles. The van der Waals surface area contributed by atoms with Gasteiger partial charge in [0.2, 0.25) is 0 Å². The second kappa shape index (κ2) is 6.22. The summed E-state index contributed by atoms with van der Waals surface area (Å²) in [6.45, 7) is 18.7. The van der Waals surface area contributed by atoms with E-state index in [1.807, 2.05) is 0 Å². The molecule has 0 amide bonds. The molecule has 2 rings (SSSR count). The van der Waals surface area contributed by atoms with Crippen molar-refractivity contribution >= 4 is 0 Å². The topological polar surface area (TPSA) is 30.5 Å². The first-order valence-corrected chi connectivity index (χ1v) is 9.66. The lowest BCUT2D eigenvalue weighted by molar-refractivity contribution is -0.0998. The van der Waals surface area contributed by atoms with Crippen molar-refractivity contribution in [2.24, 2.45) is 0 Å². The average molecular weight is 339 g/mol. The second-order valence-electron chi connectivity index (χ2n) is 11.1. The number of hydrogen-bond donors (Lipinski definition) is 2. The summed E-state index contributed by atoms with van der Waals surface area (Å²) in [4.78, 5) is 0. The van der Waals surface area contributed by atoms with Gasteiger partial charge in [-0.25, -0.2) is 10.0 Å². The number of piperidine rings is 2. The van der Waals surface area contributed by atoms with Gasteiger partial charge in [0.15, 0.2) is 0 Å². The van der Waals surface area contributed by atoms with Gasteiger partial charge in [0.1, 0.15) is 0 Å². The molecule has 2 aliphatic rings. The molecule has 0 atom stereocenters. The third-order valence-corrected chi connectivity index (χ3v) is 5.89. The highest BCUT2D eigenvalue weighted by molar-refractivity contribution is 5.02. The summed E-state index contributed by atoms with van der Waals surface area (Å²) >= 11 is 0. The van der Waals surface area contributed by atoms with Crippen LogP contribution >= 0.6 is 0 Å². The zero-order valence-corrected chi connectivity index (χ0v) is 17.9. The van der Waals surface area contributed by atoms with E-state index >= 15 is 0 Å². The largest absolute Gasteiger partial charge is 0.307 e. The summed E-state index contributed by atoms with van der Waals surface area (Å²) in [5, 5.41) is 12.7. The van der Waals surface area contributed by atoms with Gasteiger partial charge in [-0.3, -0.25) is 0 Å². The monoisotopic (exact) mass is 338 g/mol. The van der Waals surface area contributed by atoms with Gasteiger partial charge in [-0.2, -0.15) is 0 Å². The molecule has 2 N–H and O–H groups in total. The molecule has 0 saturated carbocycles. The van der Waals surface area contributed by atoms with Crippen molar-refractivity contribution in [3.8, 4) is 0 Å². The van der Waals surface area contributed by atoms with Crippen LogP contribution in [0.3, 0.4) is 0 Å². The van der Waals surface area contributed by atoms with Gasteiger partial charge in [0.05, 0.1) is 0 Å². The van der Waals surface area contributed by atoms with Crippen LogP contribution in [0.15, 0.2) is 0 Å². The average Bonchev–Trinajstić information content (AvgIpc) is 2.29. The van der Waals surface area contributed by atoms with Gasteiger partial charge in [0.25, 0.3) is 0 Å². The lowest BCUT2D eigenvalue weighted by atomic mass is 9.78. The maximum atomic E-state index is 3.81. The number of rotatable bonds is 3.